The lowest BCUT2D eigenvalue weighted by atomic mass is 9.59. The number of ether oxygens (including phenoxy) is 2. The Bertz CT molecular complexity index is 972. The van der Waals surface area contributed by atoms with Gasteiger partial charge in [-0.1, -0.05) is 53.7 Å². The lowest BCUT2D eigenvalue weighted by Gasteiger charge is -2.53. The quantitative estimate of drug-likeness (QED) is 0.400. The van der Waals surface area contributed by atoms with E-state index in [1.54, 1.807) is 0 Å². The Morgan fingerprint density at radius 1 is 0.778 bits per heavy atom. The zero-order valence-electron chi connectivity index (χ0n) is 23.2. The zero-order chi connectivity index (χ0) is 27.1. The summed E-state index contributed by atoms with van der Waals surface area (Å²) in [5.74, 6) is -0.138. The molecular weight excluding hydrogens is 452 g/mol. The van der Waals surface area contributed by atoms with Gasteiger partial charge < -0.3 is 19.1 Å². The first kappa shape index (κ1) is 28.3. The standard InChI is InChI=1S/2C15H21NO2/c2*1-6-15-8-7-10(2)18-13(15)14(3,4)12(17)11(9-15)16-5/h2*9-10,13H,6-8H2,1-4H3/t2*10-,13+,15+/m10/s1. The van der Waals surface area contributed by atoms with Crippen LogP contribution in [-0.4, -0.2) is 36.0 Å². The first-order chi connectivity index (χ1) is 16.7. The maximum absolute atomic E-state index is 12.3. The van der Waals surface area contributed by atoms with Crippen molar-refractivity contribution in [1.82, 2.24) is 0 Å². The van der Waals surface area contributed by atoms with Crippen LogP contribution in [0, 0.1) is 34.8 Å². The number of allylic oxidation sites excluding steroid dienone is 2. The van der Waals surface area contributed by atoms with Gasteiger partial charge in [0.25, 0.3) is 0 Å². The fourth-order valence-corrected chi connectivity index (χ4v) is 6.82. The predicted molar refractivity (Wildman–Crippen MR) is 140 cm³/mol. The highest BCUT2D eigenvalue weighted by atomic mass is 16.5. The van der Waals surface area contributed by atoms with Crippen molar-refractivity contribution in [1.29, 1.82) is 0 Å². The van der Waals surface area contributed by atoms with Crippen LogP contribution < -0.4 is 0 Å². The van der Waals surface area contributed by atoms with Crippen molar-refractivity contribution < 1.29 is 19.1 Å². The van der Waals surface area contributed by atoms with Gasteiger partial charge in [0.15, 0.2) is 11.6 Å². The first-order valence-electron chi connectivity index (χ1n) is 13.4. The third-order valence-electron chi connectivity index (χ3n) is 9.17. The predicted octanol–water partition coefficient (Wildman–Crippen LogP) is 6.72. The number of rotatable bonds is 2. The summed E-state index contributed by atoms with van der Waals surface area (Å²) in [6.07, 6.45) is 9.82. The number of hydrogen-bond donors (Lipinski definition) is 0. The molecule has 0 aromatic carbocycles. The third-order valence-corrected chi connectivity index (χ3v) is 9.17. The van der Waals surface area contributed by atoms with Gasteiger partial charge in [-0.3, -0.25) is 0 Å². The molecule has 6 nitrogen and oxygen atoms in total. The Kier molecular flexibility index (Phi) is 7.77. The summed E-state index contributed by atoms with van der Waals surface area (Å²) in [5.41, 5.74) is -0.862. The van der Waals surface area contributed by atoms with Crippen LogP contribution >= 0.6 is 0 Å². The molecule has 0 spiro atoms. The average Bonchev–Trinajstić information content (AvgIpc) is 2.86. The van der Waals surface area contributed by atoms with Crippen molar-refractivity contribution in [3.63, 3.8) is 0 Å². The lowest BCUT2D eigenvalue weighted by molar-refractivity contribution is -0.171. The highest BCUT2D eigenvalue weighted by Gasteiger charge is 2.56. The molecule has 6 heteroatoms. The van der Waals surface area contributed by atoms with Gasteiger partial charge in [-0.05, 0) is 52.4 Å². The highest BCUT2D eigenvalue weighted by Crippen LogP contribution is 2.54. The molecule has 2 fully saturated rings. The van der Waals surface area contributed by atoms with Crippen LogP contribution in [0.4, 0.5) is 0 Å². The number of ketones is 2. The molecule has 0 aromatic heterocycles. The molecule has 2 aliphatic carbocycles. The second kappa shape index (κ2) is 9.88. The van der Waals surface area contributed by atoms with Gasteiger partial charge in [0, 0.05) is 21.7 Å². The van der Waals surface area contributed by atoms with Crippen LogP contribution in [0.1, 0.15) is 93.9 Å². The Hall–Kier alpha value is -2.28. The van der Waals surface area contributed by atoms with E-state index in [4.69, 9.17) is 22.6 Å². The molecular formula is C30H42N2O4. The first-order valence-corrected chi connectivity index (χ1v) is 13.4. The van der Waals surface area contributed by atoms with Gasteiger partial charge in [0.1, 0.15) is 0 Å². The molecule has 0 N–H and O–H groups in total. The molecule has 0 amide bonds. The Morgan fingerprint density at radius 2 is 1.11 bits per heavy atom. The Balaban J connectivity index is 0.000000201. The summed E-state index contributed by atoms with van der Waals surface area (Å²) in [6.45, 7) is 30.5. The van der Waals surface area contributed by atoms with E-state index in [1.165, 1.54) is 0 Å². The van der Waals surface area contributed by atoms with Gasteiger partial charge in [-0.2, -0.15) is 0 Å². The van der Waals surface area contributed by atoms with Crippen molar-refractivity contribution in [2.45, 2.75) is 118 Å². The minimum atomic E-state index is -0.598. The fourth-order valence-electron chi connectivity index (χ4n) is 6.82. The normalized spacial score (nSPS) is 38.6. The second-order valence-corrected chi connectivity index (χ2v) is 12.3. The van der Waals surface area contributed by atoms with E-state index >= 15 is 0 Å². The lowest BCUT2D eigenvalue weighted by Crippen LogP contribution is -2.56. The van der Waals surface area contributed by atoms with E-state index < -0.39 is 10.8 Å². The van der Waals surface area contributed by atoms with E-state index in [9.17, 15) is 9.59 Å². The molecule has 2 saturated heterocycles. The molecule has 4 rings (SSSR count). The van der Waals surface area contributed by atoms with E-state index in [0.717, 1.165) is 38.5 Å². The van der Waals surface area contributed by atoms with Crippen molar-refractivity contribution in [3.05, 3.63) is 46.4 Å². The number of carbonyl (C=O) groups is 2. The molecule has 0 aromatic rings. The maximum Gasteiger partial charge on any atom is 0.226 e. The molecule has 0 radical (unpaired) electrons. The van der Waals surface area contributed by atoms with E-state index in [1.807, 2.05) is 39.8 Å². The average molecular weight is 495 g/mol. The molecule has 0 saturated carbocycles. The molecule has 0 unspecified atom stereocenters. The van der Waals surface area contributed by atoms with Crippen LogP contribution in [0.15, 0.2) is 23.5 Å². The number of hydrogen-bond acceptors (Lipinski definition) is 4. The van der Waals surface area contributed by atoms with Crippen LogP contribution in [-0.2, 0) is 19.1 Å². The summed E-state index contributed by atoms with van der Waals surface area (Å²) in [7, 11) is 0. The minimum Gasteiger partial charge on any atom is -0.373 e. The zero-order valence-corrected chi connectivity index (χ0v) is 23.2. The third kappa shape index (κ3) is 4.48. The Morgan fingerprint density at radius 3 is 1.39 bits per heavy atom. The molecule has 0 bridgehead atoms. The summed E-state index contributed by atoms with van der Waals surface area (Å²) in [4.78, 5) is 31.5. The summed E-state index contributed by atoms with van der Waals surface area (Å²) < 4.78 is 12.2. The van der Waals surface area contributed by atoms with E-state index in [2.05, 4.69) is 37.4 Å². The SMILES string of the molecule is [C-]#[N+]C1=C[C@@]2(CC)CC[C@H](C)O[C@@H]2C(C)(C)C1=O.[C-]#[N+]C1=C[C@]2(CC)CC[C@@H](C)O[C@H]2C(C)(C)C1=O. The maximum atomic E-state index is 12.3. The van der Waals surface area contributed by atoms with Crippen molar-refractivity contribution in [2.24, 2.45) is 21.7 Å². The van der Waals surface area contributed by atoms with E-state index in [0.29, 0.717) is 11.4 Å². The summed E-state index contributed by atoms with van der Waals surface area (Å²) in [5, 5.41) is 0. The number of nitrogens with zero attached hydrogens (tertiary/aromatic N) is 2. The fraction of sp³-hybridized carbons (Fsp3) is 0.733. The topological polar surface area (TPSA) is 61.3 Å². The molecule has 2 heterocycles. The van der Waals surface area contributed by atoms with Crippen LogP contribution in [0.5, 0.6) is 0 Å². The number of carbonyl (C=O) groups excluding carboxylic acids is 2. The summed E-state index contributed by atoms with van der Waals surface area (Å²) in [6, 6.07) is 0. The molecule has 2 aliphatic heterocycles. The largest absolute Gasteiger partial charge is 0.373 e. The van der Waals surface area contributed by atoms with Crippen LogP contribution in [0.2, 0.25) is 0 Å². The Labute approximate surface area is 217 Å². The van der Waals surface area contributed by atoms with Crippen LogP contribution in [0.3, 0.4) is 0 Å². The number of fused-ring (bicyclic) bond motifs is 2. The molecule has 196 valence electrons. The summed E-state index contributed by atoms with van der Waals surface area (Å²) >= 11 is 0. The van der Waals surface area contributed by atoms with Crippen molar-refractivity contribution in [3.8, 4) is 0 Å². The van der Waals surface area contributed by atoms with E-state index in [-0.39, 0.29) is 46.8 Å². The van der Waals surface area contributed by atoms with Gasteiger partial charge in [-0.15, -0.1) is 0 Å². The molecule has 36 heavy (non-hydrogen) atoms. The second-order valence-electron chi connectivity index (χ2n) is 12.3. The minimum absolute atomic E-state index is 0.0688. The number of Topliss-reactive ketones (excluding diaryl/α,β-unsaturated/α-hetero) is 2. The van der Waals surface area contributed by atoms with Crippen molar-refractivity contribution in [2.75, 3.05) is 0 Å². The van der Waals surface area contributed by atoms with Gasteiger partial charge in [-0.25, -0.2) is 9.69 Å². The smallest absolute Gasteiger partial charge is 0.226 e. The van der Waals surface area contributed by atoms with Gasteiger partial charge >= 0.3 is 0 Å². The highest BCUT2D eigenvalue weighted by molar-refractivity contribution is 6.03. The van der Waals surface area contributed by atoms with Crippen LogP contribution in [0.25, 0.3) is 9.69 Å². The monoisotopic (exact) mass is 494 g/mol. The van der Waals surface area contributed by atoms with Gasteiger partial charge in [0.2, 0.25) is 11.4 Å². The molecule has 4 aliphatic rings. The van der Waals surface area contributed by atoms with Crippen molar-refractivity contribution >= 4 is 11.6 Å². The molecule has 6 atom stereocenters. The van der Waals surface area contributed by atoms with Gasteiger partial charge in [0.05, 0.1) is 37.6 Å².